The second-order valence-corrected chi connectivity index (χ2v) is 7.93. The summed E-state index contributed by atoms with van der Waals surface area (Å²) in [6.07, 6.45) is 0.558. The van der Waals surface area contributed by atoms with Crippen LogP contribution in [0.25, 0.3) is 0 Å². The number of sulfonamides is 1. The number of halogens is 1. The van der Waals surface area contributed by atoms with Crippen molar-refractivity contribution in [3.8, 4) is 11.5 Å². The zero-order valence-electron chi connectivity index (χ0n) is 14.3. The van der Waals surface area contributed by atoms with E-state index in [9.17, 15) is 8.42 Å². The molecule has 0 aliphatic rings. The monoisotopic (exact) mass is 427 g/mol. The average Bonchev–Trinajstić information content (AvgIpc) is 2.58. The molecule has 0 aliphatic carbocycles. The van der Waals surface area contributed by atoms with Gasteiger partial charge in [-0.3, -0.25) is 0 Å². The quantitative estimate of drug-likeness (QED) is 0.661. The van der Waals surface area contributed by atoms with Crippen molar-refractivity contribution in [1.29, 1.82) is 0 Å². The van der Waals surface area contributed by atoms with Gasteiger partial charge in [-0.2, -0.15) is 0 Å². The molecule has 0 atom stereocenters. The minimum Gasteiger partial charge on any atom is -0.490 e. The molecular weight excluding hydrogens is 406 g/mol. The highest BCUT2D eigenvalue weighted by molar-refractivity contribution is 9.10. The van der Waals surface area contributed by atoms with Gasteiger partial charge in [-0.15, -0.1) is 0 Å². The molecule has 0 spiro atoms. The van der Waals surface area contributed by atoms with Crippen molar-refractivity contribution in [3.63, 3.8) is 0 Å². The molecule has 2 rings (SSSR count). The highest BCUT2D eigenvalue weighted by Crippen LogP contribution is 2.28. The van der Waals surface area contributed by atoms with Crippen molar-refractivity contribution < 1.29 is 17.9 Å². The van der Waals surface area contributed by atoms with E-state index in [-0.39, 0.29) is 4.90 Å². The maximum atomic E-state index is 12.3. The van der Waals surface area contributed by atoms with Crippen LogP contribution in [0.3, 0.4) is 0 Å². The molecular formula is C18H22BrNO4S. The van der Waals surface area contributed by atoms with Gasteiger partial charge in [0.25, 0.3) is 0 Å². The lowest BCUT2D eigenvalue weighted by Crippen LogP contribution is -2.26. The predicted octanol–water partition coefficient (Wildman–Crippen LogP) is 3.77. The Morgan fingerprint density at radius 1 is 0.960 bits per heavy atom. The summed E-state index contributed by atoms with van der Waals surface area (Å²) >= 11 is 3.29. The van der Waals surface area contributed by atoms with Gasteiger partial charge in [-0.05, 0) is 62.2 Å². The molecule has 136 valence electrons. The molecule has 0 unspecified atom stereocenters. The second kappa shape index (κ2) is 9.22. The molecule has 1 N–H and O–H groups in total. The van der Waals surface area contributed by atoms with Crippen LogP contribution in [0, 0.1) is 0 Å². The Balaban J connectivity index is 2.01. The zero-order chi connectivity index (χ0) is 18.3. The Hall–Kier alpha value is -1.57. The van der Waals surface area contributed by atoms with Crippen LogP contribution in [-0.4, -0.2) is 28.2 Å². The Kier molecular flexibility index (Phi) is 7.28. The molecule has 0 bridgehead atoms. The van der Waals surface area contributed by atoms with E-state index in [0.717, 1.165) is 10.0 Å². The smallest absolute Gasteiger partial charge is 0.240 e. The molecule has 25 heavy (non-hydrogen) atoms. The molecule has 0 saturated heterocycles. The zero-order valence-corrected chi connectivity index (χ0v) is 16.7. The second-order valence-electron chi connectivity index (χ2n) is 5.25. The van der Waals surface area contributed by atoms with E-state index in [4.69, 9.17) is 9.47 Å². The Bertz CT molecular complexity index is 791. The fourth-order valence-corrected chi connectivity index (χ4v) is 3.57. The standard InChI is InChI=1S/C18H22BrNO4S/c1-3-23-17-10-5-14(13-18(17)24-4-2)11-12-20-25(21,22)16-8-6-15(19)7-9-16/h5-10,13,20H,3-4,11-12H2,1-2H3. The third-order valence-corrected chi connectivity index (χ3v) is 5.44. The molecule has 0 aromatic heterocycles. The van der Waals surface area contributed by atoms with E-state index in [1.807, 2.05) is 32.0 Å². The molecule has 2 aromatic rings. The first-order valence-electron chi connectivity index (χ1n) is 8.10. The molecule has 0 amide bonds. The third-order valence-electron chi connectivity index (χ3n) is 3.44. The van der Waals surface area contributed by atoms with E-state index in [2.05, 4.69) is 20.7 Å². The fourth-order valence-electron chi connectivity index (χ4n) is 2.28. The summed E-state index contributed by atoms with van der Waals surface area (Å²) in [4.78, 5) is 0.248. The summed E-state index contributed by atoms with van der Waals surface area (Å²) in [5.41, 5.74) is 0.977. The van der Waals surface area contributed by atoms with Crippen LogP contribution < -0.4 is 14.2 Å². The highest BCUT2D eigenvalue weighted by atomic mass is 79.9. The lowest BCUT2D eigenvalue weighted by Gasteiger charge is -2.13. The normalized spacial score (nSPS) is 11.3. The van der Waals surface area contributed by atoms with E-state index in [1.165, 1.54) is 0 Å². The van der Waals surface area contributed by atoms with Gasteiger partial charge in [0.2, 0.25) is 10.0 Å². The van der Waals surface area contributed by atoms with Crippen molar-refractivity contribution in [3.05, 3.63) is 52.5 Å². The fraction of sp³-hybridized carbons (Fsp3) is 0.333. The van der Waals surface area contributed by atoms with Gasteiger partial charge < -0.3 is 9.47 Å². The minimum atomic E-state index is -3.51. The Morgan fingerprint density at radius 2 is 1.60 bits per heavy atom. The van der Waals surface area contributed by atoms with E-state index in [0.29, 0.717) is 37.7 Å². The summed E-state index contributed by atoms with van der Waals surface area (Å²) in [6.45, 7) is 5.24. The van der Waals surface area contributed by atoms with Gasteiger partial charge in [-0.1, -0.05) is 22.0 Å². The first kappa shape index (κ1) is 19.8. The topological polar surface area (TPSA) is 64.6 Å². The molecule has 0 aliphatic heterocycles. The summed E-state index contributed by atoms with van der Waals surface area (Å²) < 4.78 is 39.1. The molecule has 0 heterocycles. The SMILES string of the molecule is CCOc1ccc(CCNS(=O)(=O)c2ccc(Br)cc2)cc1OCC. The van der Waals surface area contributed by atoms with Gasteiger partial charge in [0.1, 0.15) is 0 Å². The van der Waals surface area contributed by atoms with Gasteiger partial charge in [0.15, 0.2) is 11.5 Å². The number of benzene rings is 2. The summed E-state index contributed by atoms with van der Waals surface area (Å²) in [5.74, 6) is 1.38. The third kappa shape index (κ3) is 5.73. The molecule has 0 fully saturated rings. The highest BCUT2D eigenvalue weighted by Gasteiger charge is 2.13. The van der Waals surface area contributed by atoms with Crippen LogP contribution in [0.15, 0.2) is 51.8 Å². The Labute approximate surface area is 157 Å². The van der Waals surface area contributed by atoms with E-state index >= 15 is 0 Å². The first-order valence-corrected chi connectivity index (χ1v) is 10.4. The van der Waals surface area contributed by atoms with Crippen LogP contribution in [0.5, 0.6) is 11.5 Å². The lowest BCUT2D eigenvalue weighted by molar-refractivity contribution is 0.287. The number of rotatable bonds is 9. The largest absolute Gasteiger partial charge is 0.490 e. The van der Waals surface area contributed by atoms with Crippen LogP contribution in [0.1, 0.15) is 19.4 Å². The summed E-state index contributed by atoms with van der Waals surface area (Å²) in [6, 6.07) is 12.2. The average molecular weight is 428 g/mol. The van der Waals surface area contributed by atoms with Gasteiger partial charge in [0.05, 0.1) is 18.1 Å². The van der Waals surface area contributed by atoms with Crippen LogP contribution in [0.4, 0.5) is 0 Å². The van der Waals surface area contributed by atoms with E-state index in [1.54, 1.807) is 24.3 Å². The first-order chi connectivity index (χ1) is 12.0. The number of hydrogen-bond donors (Lipinski definition) is 1. The van der Waals surface area contributed by atoms with Crippen molar-refractivity contribution in [2.75, 3.05) is 19.8 Å². The van der Waals surface area contributed by atoms with Crippen LogP contribution in [0.2, 0.25) is 0 Å². The molecule has 7 heteroatoms. The predicted molar refractivity (Wildman–Crippen MR) is 102 cm³/mol. The molecule has 0 radical (unpaired) electrons. The molecule has 5 nitrogen and oxygen atoms in total. The lowest BCUT2D eigenvalue weighted by atomic mass is 10.1. The maximum absolute atomic E-state index is 12.3. The number of nitrogens with one attached hydrogen (secondary N) is 1. The van der Waals surface area contributed by atoms with Gasteiger partial charge in [-0.25, -0.2) is 13.1 Å². The van der Waals surface area contributed by atoms with Gasteiger partial charge >= 0.3 is 0 Å². The van der Waals surface area contributed by atoms with E-state index < -0.39 is 10.0 Å². The van der Waals surface area contributed by atoms with Crippen molar-refractivity contribution in [2.24, 2.45) is 0 Å². The van der Waals surface area contributed by atoms with Crippen molar-refractivity contribution >= 4 is 26.0 Å². The molecule has 2 aromatic carbocycles. The Morgan fingerprint density at radius 3 is 2.24 bits per heavy atom. The molecule has 0 saturated carbocycles. The van der Waals surface area contributed by atoms with Crippen LogP contribution >= 0.6 is 15.9 Å². The van der Waals surface area contributed by atoms with Crippen molar-refractivity contribution in [1.82, 2.24) is 4.72 Å². The number of hydrogen-bond acceptors (Lipinski definition) is 4. The number of ether oxygens (including phenoxy) is 2. The van der Waals surface area contributed by atoms with Crippen molar-refractivity contribution in [2.45, 2.75) is 25.2 Å². The summed E-state index contributed by atoms with van der Waals surface area (Å²) in [7, 11) is -3.51. The summed E-state index contributed by atoms with van der Waals surface area (Å²) in [5, 5.41) is 0. The minimum absolute atomic E-state index is 0.248. The maximum Gasteiger partial charge on any atom is 0.240 e. The van der Waals surface area contributed by atoms with Crippen LogP contribution in [-0.2, 0) is 16.4 Å². The van der Waals surface area contributed by atoms with Gasteiger partial charge in [0, 0.05) is 11.0 Å².